The molecule has 27 heavy (non-hydrogen) atoms. The highest BCUT2D eigenvalue weighted by molar-refractivity contribution is 7.15. The van der Waals surface area contributed by atoms with Crippen LogP contribution >= 0.6 is 11.3 Å². The van der Waals surface area contributed by atoms with E-state index in [0.29, 0.717) is 0 Å². The Morgan fingerprint density at radius 3 is 2.48 bits per heavy atom. The quantitative estimate of drug-likeness (QED) is 0.531. The predicted molar refractivity (Wildman–Crippen MR) is 112 cm³/mol. The summed E-state index contributed by atoms with van der Waals surface area (Å²) in [5, 5.41) is 2.22. The molecule has 3 nitrogen and oxygen atoms in total. The van der Waals surface area contributed by atoms with E-state index in [1.165, 1.54) is 61.9 Å². The van der Waals surface area contributed by atoms with Gasteiger partial charge in [-0.15, -0.1) is 11.3 Å². The Bertz CT molecular complexity index is 925. The van der Waals surface area contributed by atoms with Crippen LogP contribution in [0, 0.1) is 11.8 Å². The number of hydrogen-bond donors (Lipinski definition) is 0. The first-order valence-corrected chi connectivity index (χ1v) is 11.1. The van der Waals surface area contributed by atoms with Crippen LogP contribution in [0.3, 0.4) is 0 Å². The molecule has 1 aromatic carbocycles. The molecule has 0 N–H and O–H groups in total. The molecule has 3 aromatic rings. The van der Waals surface area contributed by atoms with Crippen LogP contribution in [0.2, 0.25) is 0 Å². The van der Waals surface area contributed by atoms with Crippen LogP contribution in [0.5, 0.6) is 5.75 Å². The molecule has 2 unspecified atom stereocenters. The Morgan fingerprint density at radius 1 is 1.11 bits per heavy atom. The summed E-state index contributed by atoms with van der Waals surface area (Å²) >= 11 is 1.75. The van der Waals surface area contributed by atoms with Crippen molar-refractivity contribution in [2.45, 2.75) is 57.3 Å². The maximum absolute atomic E-state index is 5.30. The monoisotopic (exact) mass is 380 g/mol. The lowest BCUT2D eigenvalue weighted by Crippen LogP contribution is -2.34. The molecule has 0 aliphatic heterocycles. The van der Waals surface area contributed by atoms with E-state index >= 15 is 0 Å². The second-order valence-electron chi connectivity index (χ2n) is 8.85. The van der Waals surface area contributed by atoms with Crippen molar-refractivity contribution < 1.29 is 4.74 Å². The van der Waals surface area contributed by atoms with Gasteiger partial charge >= 0.3 is 0 Å². The summed E-state index contributed by atoms with van der Waals surface area (Å²) in [6.07, 6.45) is 12.1. The molecule has 2 aliphatic rings. The molecule has 5 rings (SSSR count). The van der Waals surface area contributed by atoms with Crippen molar-refractivity contribution in [3.8, 4) is 17.0 Å². The molecule has 2 bridgehead atoms. The Kier molecular flexibility index (Phi) is 4.27. The van der Waals surface area contributed by atoms with Crippen LogP contribution in [0.4, 0.5) is 0 Å². The first kappa shape index (κ1) is 17.3. The van der Waals surface area contributed by atoms with Crippen LogP contribution < -0.4 is 4.74 Å². The molecule has 0 spiro atoms. The van der Waals surface area contributed by atoms with Gasteiger partial charge in [0, 0.05) is 17.0 Å². The molecule has 0 saturated heterocycles. The Morgan fingerprint density at radius 2 is 1.81 bits per heavy atom. The number of fused-ring (bicyclic) bond motifs is 3. The van der Waals surface area contributed by atoms with Gasteiger partial charge in [-0.3, -0.25) is 4.40 Å². The molecule has 2 aromatic heterocycles. The zero-order valence-electron chi connectivity index (χ0n) is 16.3. The van der Waals surface area contributed by atoms with Crippen LogP contribution in [0.1, 0.15) is 57.6 Å². The van der Waals surface area contributed by atoms with Crippen LogP contribution in [-0.4, -0.2) is 16.5 Å². The minimum absolute atomic E-state index is 0.237. The number of thiazole rings is 1. The summed E-state index contributed by atoms with van der Waals surface area (Å²) in [7, 11) is 1.71. The number of nitrogens with zero attached hydrogens (tertiary/aromatic N) is 2. The topological polar surface area (TPSA) is 26.5 Å². The third-order valence-corrected chi connectivity index (χ3v) is 7.67. The third kappa shape index (κ3) is 3.08. The number of aromatic nitrogens is 2. The van der Waals surface area contributed by atoms with Crippen molar-refractivity contribution >= 4 is 16.3 Å². The van der Waals surface area contributed by atoms with E-state index in [1.807, 2.05) is 12.1 Å². The number of ether oxygens (including phenoxy) is 1. The second-order valence-corrected chi connectivity index (χ2v) is 9.69. The minimum Gasteiger partial charge on any atom is -0.497 e. The molecule has 142 valence electrons. The highest BCUT2D eigenvalue weighted by Crippen LogP contribution is 2.49. The summed E-state index contributed by atoms with van der Waals surface area (Å²) < 4.78 is 7.60. The zero-order chi connectivity index (χ0) is 18.4. The van der Waals surface area contributed by atoms with Gasteiger partial charge in [-0.2, -0.15) is 0 Å². The Hall–Kier alpha value is -1.81. The summed E-state index contributed by atoms with van der Waals surface area (Å²) in [4.78, 5) is 6.22. The molecular weight excluding hydrogens is 352 g/mol. The van der Waals surface area contributed by atoms with E-state index in [-0.39, 0.29) is 5.41 Å². The molecule has 2 heterocycles. The Labute approximate surface area is 165 Å². The molecule has 4 heteroatoms. The van der Waals surface area contributed by atoms with Gasteiger partial charge in [0.1, 0.15) is 5.75 Å². The second kappa shape index (κ2) is 6.66. The van der Waals surface area contributed by atoms with Crippen LogP contribution in [-0.2, 0) is 5.41 Å². The number of benzene rings is 1. The number of methoxy groups -OCH3 is 1. The number of rotatable bonds is 3. The van der Waals surface area contributed by atoms with E-state index < -0.39 is 0 Å². The van der Waals surface area contributed by atoms with E-state index in [4.69, 9.17) is 9.72 Å². The van der Waals surface area contributed by atoms with Crippen molar-refractivity contribution in [2.75, 3.05) is 7.11 Å². The van der Waals surface area contributed by atoms with E-state index in [2.05, 4.69) is 35.0 Å². The van der Waals surface area contributed by atoms with Gasteiger partial charge in [-0.25, -0.2) is 4.98 Å². The van der Waals surface area contributed by atoms with Gasteiger partial charge in [0.25, 0.3) is 0 Å². The van der Waals surface area contributed by atoms with E-state index in [9.17, 15) is 0 Å². The first-order valence-electron chi connectivity index (χ1n) is 10.3. The molecule has 0 radical (unpaired) electrons. The third-order valence-electron chi connectivity index (χ3n) is 6.83. The lowest BCUT2D eigenvalue weighted by atomic mass is 9.64. The average molecular weight is 381 g/mol. The summed E-state index contributed by atoms with van der Waals surface area (Å²) in [6.45, 7) is 2.47. The summed E-state index contributed by atoms with van der Waals surface area (Å²) in [5.74, 6) is 2.70. The molecule has 2 saturated carbocycles. The fraction of sp³-hybridized carbons (Fsp3) is 0.522. The Balaban J connectivity index is 1.50. The van der Waals surface area contributed by atoms with Crippen LogP contribution in [0.25, 0.3) is 16.2 Å². The van der Waals surface area contributed by atoms with Crippen LogP contribution in [0.15, 0.2) is 35.8 Å². The van der Waals surface area contributed by atoms with Gasteiger partial charge in [0.15, 0.2) is 4.96 Å². The zero-order valence-corrected chi connectivity index (χ0v) is 17.1. The average Bonchev–Trinajstić information content (AvgIpc) is 3.22. The van der Waals surface area contributed by atoms with Gasteiger partial charge in [0.2, 0.25) is 0 Å². The summed E-state index contributed by atoms with van der Waals surface area (Å²) in [6, 6.07) is 8.33. The van der Waals surface area contributed by atoms with Crippen molar-refractivity contribution in [2.24, 2.45) is 11.8 Å². The highest BCUT2D eigenvalue weighted by Gasteiger charge is 2.40. The molecule has 0 amide bonds. The lowest BCUT2D eigenvalue weighted by molar-refractivity contribution is 0.172. The normalized spacial score (nSPS) is 28.2. The van der Waals surface area contributed by atoms with E-state index in [1.54, 1.807) is 18.4 Å². The number of imidazole rings is 1. The van der Waals surface area contributed by atoms with Gasteiger partial charge in [-0.05, 0) is 60.9 Å². The maximum Gasteiger partial charge on any atom is 0.194 e. The molecule has 2 atom stereocenters. The highest BCUT2D eigenvalue weighted by atomic mass is 32.1. The smallest absolute Gasteiger partial charge is 0.194 e. The van der Waals surface area contributed by atoms with Gasteiger partial charge in [0.05, 0.1) is 18.5 Å². The molecule has 2 aliphatic carbocycles. The van der Waals surface area contributed by atoms with Crippen molar-refractivity contribution in [1.82, 2.24) is 9.38 Å². The minimum atomic E-state index is 0.237. The van der Waals surface area contributed by atoms with E-state index in [0.717, 1.165) is 22.5 Å². The maximum atomic E-state index is 5.30. The SMILES string of the molecule is COc1ccc(-c2csc3nc(C4(C)CC5CCCCC(C5)C4)cn23)cc1. The van der Waals surface area contributed by atoms with Gasteiger partial charge < -0.3 is 4.74 Å². The van der Waals surface area contributed by atoms with Crippen molar-refractivity contribution in [1.29, 1.82) is 0 Å². The van der Waals surface area contributed by atoms with Crippen molar-refractivity contribution in [3.05, 3.63) is 41.5 Å². The fourth-order valence-corrected chi connectivity index (χ4v) is 6.44. The lowest BCUT2D eigenvalue weighted by Gasteiger charge is -2.40. The standard InChI is InChI=1S/C23H28N2OS/c1-23(12-16-5-3-4-6-17(11-16)13-23)21-14-25-20(15-27-22(25)24-21)18-7-9-19(26-2)10-8-18/h7-10,14-17H,3-6,11-13H2,1-2H3. The first-order chi connectivity index (χ1) is 13.1. The number of hydrogen-bond acceptors (Lipinski definition) is 3. The largest absolute Gasteiger partial charge is 0.497 e. The summed E-state index contributed by atoms with van der Waals surface area (Å²) in [5.41, 5.74) is 3.99. The molecular formula is C23H28N2OS. The molecule has 2 fully saturated rings. The fourth-order valence-electron chi connectivity index (χ4n) is 5.55. The van der Waals surface area contributed by atoms with Gasteiger partial charge in [-0.1, -0.05) is 32.6 Å². The predicted octanol–water partition coefficient (Wildman–Crippen LogP) is 6.32. The van der Waals surface area contributed by atoms with Crippen molar-refractivity contribution in [3.63, 3.8) is 0 Å².